The number of amides is 4. The highest BCUT2D eigenvalue weighted by molar-refractivity contribution is 9.10. The van der Waals surface area contributed by atoms with Crippen LogP contribution < -0.4 is 20.1 Å². The molecule has 3 aromatic carbocycles. The van der Waals surface area contributed by atoms with Crippen LogP contribution in [0, 0.1) is 5.82 Å². The summed E-state index contributed by atoms with van der Waals surface area (Å²) in [6.07, 6.45) is 1.43. The molecule has 38 heavy (non-hydrogen) atoms. The first kappa shape index (κ1) is 27.4. The number of halogens is 4. The first-order valence-corrected chi connectivity index (χ1v) is 12.5. The third-order valence-electron chi connectivity index (χ3n) is 5.37. The Morgan fingerprint density at radius 2 is 1.87 bits per heavy atom. The predicted molar refractivity (Wildman–Crippen MR) is 145 cm³/mol. The summed E-state index contributed by atoms with van der Waals surface area (Å²) in [4.78, 5) is 38.3. The summed E-state index contributed by atoms with van der Waals surface area (Å²) in [5.74, 6) is -1.30. The summed E-state index contributed by atoms with van der Waals surface area (Å²) in [6.45, 7) is -0.402. The Hall–Kier alpha value is -3.60. The standard InChI is InChI=1S/C26H19BrCl2FN3O5/c1-37-22-10-15(16(27)11-23(22)38-13-14-6-7-17(28)18(29)8-14)9-21-25(35)33(26(36)32-21)12-24(34)31-20-5-3-2-4-19(20)30/h2-11H,12-13H2,1H3,(H,31,34)(H,32,36)/b21-9+. The van der Waals surface area contributed by atoms with Crippen LogP contribution in [-0.2, 0) is 16.2 Å². The average molecular weight is 623 g/mol. The van der Waals surface area contributed by atoms with Crippen LogP contribution >= 0.6 is 39.1 Å². The number of carbonyl (C=O) groups is 3. The maximum Gasteiger partial charge on any atom is 0.329 e. The van der Waals surface area contributed by atoms with E-state index in [1.54, 1.807) is 36.4 Å². The van der Waals surface area contributed by atoms with Crippen molar-refractivity contribution in [2.75, 3.05) is 19.0 Å². The lowest BCUT2D eigenvalue weighted by Gasteiger charge is -2.13. The number of anilines is 1. The van der Waals surface area contributed by atoms with Gasteiger partial charge in [-0.1, -0.05) is 57.3 Å². The molecule has 0 atom stereocenters. The van der Waals surface area contributed by atoms with Gasteiger partial charge in [-0.3, -0.25) is 9.59 Å². The summed E-state index contributed by atoms with van der Waals surface area (Å²) >= 11 is 15.5. The Morgan fingerprint density at radius 3 is 2.58 bits per heavy atom. The van der Waals surface area contributed by atoms with Gasteiger partial charge in [-0.05, 0) is 53.6 Å². The lowest BCUT2D eigenvalue weighted by atomic mass is 10.1. The van der Waals surface area contributed by atoms with Crippen LogP contribution in [0.15, 0.2) is 64.8 Å². The van der Waals surface area contributed by atoms with Gasteiger partial charge in [0.1, 0.15) is 24.7 Å². The smallest absolute Gasteiger partial charge is 0.329 e. The fraction of sp³-hybridized carbons (Fsp3) is 0.115. The Bertz CT molecular complexity index is 1470. The molecule has 1 heterocycles. The lowest BCUT2D eigenvalue weighted by molar-refractivity contribution is -0.127. The molecule has 0 bridgehead atoms. The summed E-state index contributed by atoms with van der Waals surface area (Å²) < 4.78 is 25.7. The molecule has 0 aliphatic carbocycles. The maximum atomic E-state index is 13.8. The normalized spacial score (nSPS) is 14.0. The van der Waals surface area contributed by atoms with E-state index in [-0.39, 0.29) is 18.0 Å². The minimum atomic E-state index is -0.783. The molecule has 0 saturated carbocycles. The third-order valence-corrected chi connectivity index (χ3v) is 6.80. The number of benzene rings is 3. The number of carbonyl (C=O) groups excluding carboxylic acids is 3. The first-order valence-electron chi connectivity index (χ1n) is 11.0. The van der Waals surface area contributed by atoms with E-state index >= 15 is 0 Å². The Morgan fingerprint density at radius 1 is 1.11 bits per heavy atom. The van der Waals surface area contributed by atoms with E-state index in [0.29, 0.717) is 31.6 Å². The van der Waals surface area contributed by atoms with Crippen molar-refractivity contribution in [3.05, 3.63) is 91.8 Å². The van der Waals surface area contributed by atoms with E-state index in [2.05, 4.69) is 26.6 Å². The monoisotopic (exact) mass is 621 g/mol. The Kier molecular flexibility index (Phi) is 8.55. The molecule has 4 rings (SSSR count). The summed E-state index contributed by atoms with van der Waals surface area (Å²) in [7, 11) is 1.46. The van der Waals surface area contributed by atoms with Crippen LogP contribution in [0.5, 0.6) is 11.5 Å². The molecule has 1 fully saturated rings. The van der Waals surface area contributed by atoms with Crippen LogP contribution in [0.1, 0.15) is 11.1 Å². The van der Waals surface area contributed by atoms with E-state index < -0.39 is 30.2 Å². The molecule has 12 heteroatoms. The number of urea groups is 1. The molecule has 1 aliphatic heterocycles. The quantitative estimate of drug-likeness (QED) is 0.237. The van der Waals surface area contributed by atoms with Crippen molar-refractivity contribution in [1.29, 1.82) is 0 Å². The molecule has 2 N–H and O–H groups in total. The number of methoxy groups -OCH3 is 1. The van der Waals surface area contributed by atoms with Gasteiger partial charge in [-0.25, -0.2) is 14.1 Å². The molecule has 0 radical (unpaired) electrons. The van der Waals surface area contributed by atoms with E-state index in [9.17, 15) is 18.8 Å². The summed E-state index contributed by atoms with van der Waals surface area (Å²) in [6, 6.07) is 13.2. The van der Waals surface area contributed by atoms with E-state index in [4.69, 9.17) is 32.7 Å². The second-order valence-corrected chi connectivity index (χ2v) is 9.64. The van der Waals surface area contributed by atoms with Gasteiger partial charge in [0.15, 0.2) is 11.5 Å². The second-order valence-electron chi connectivity index (χ2n) is 7.97. The zero-order valence-electron chi connectivity index (χ0n) is 19.7. The molecule has 1 aliphatic rings. The molecule has 3 aromatic rings. The fourth-order valence-electron chi connectivity index (χ4n) is 3.49. The molecule has 1 saturated heterocycles. The largest absolute Gasteiger partial charge is 0.493 e. The van der Waals surface area contributed by atoms with Gasteiger partial charge in [0, 0.05) is 4.47 Å². The van der Waals surface area contributed by atoms with Gasteiger partial charge in [0.2, 0.25) is 5.91 Å². The minimum Gasteiger partial charge on any atom is -0.493 e. The lowest BCUT2D eigenvalue weighted by Crippen LogP contribution is -2.38. The van der Waals surface area contributed by atoms with Crippen LogP contribution in [-0.4, -0.2) is 36.4 Å². The van der Waals surface area contributed by atoms with Crippen molar-refractivity contribution < 1.29 is 28.2 Å². The molecule has 196 valence electrons. The number of nitrogens with zero attached hydrogens (tertiary/aromatic N) is 1. The van der Waals surface area contributed by atoms with Crippen LogP contribution in [0.3, 0.4) is 0 Å². The topological polar surface area (TPSA) is 97.0 Å². The van der Waals surface area contributed by atoms with Gasteiger partial charge < -0.3 is 20.1 Å². The van der Waals surface area contributed by atoms with Crippen LogP contribution in [0.2, 0.25) is 10.0 Å². The van der Waals surface area contributed by atoms with Crippen molar-refractivity contribution in [3.63, 3.8) is 0 Å². The summed E-state index contributed by atoms with van der Waals surface area (Å²) in [5.41, 5.74) is 1.19. The first-order chi connectivity index (χ1) is 18.2. The van der Waals surface area contributed by atoms with E-state index in [0.717, 1.165) is 10.5 Å². The number of hydrogen-bond acceptors (Lipinski definition) is 5. The van der Waals surface area contributed by atoms with Gasteiger partial charge >= 0.3 is 6.03 Å². The number of nitrogens with one attached hydrogen (secondary N) is 2. The molecule has 8 nitrogen and oxygen atoms in total. The van der Waals surface area contributed by atoms with Gasteiger partial charge in [-0.15, -0.1) is 0 Å². The second kappa shape index (κ2) is 11.8. The average Bonchev–Trinajstić information content (AvgIpc) is 3.14. The van der Waals surface area contributed by atoms with Crippen molar-refractivity contribution >= 4 is 68.7 Å². The van der Waals surface area contributed by atoms with Gasteiger partial charge in [0.05, 0.1) is 22.8 Å². The van der Waals surface area contributed by atoms with Crippen molar-refractivity contribution in [2.24, 2.45) is 0 Å². The van der Waals surface area contributed by atoms with Crippen molar-refractivity contribution in [3.8, 4) is 11.5 Å². The zero-order chi connectivity index (χ0) is 27.4. The van der Waals surface area contributed by atoms with Crippen molar-refractivity contribution in [2.45, 2.75) is 6.61 Å². The van der Waals surface area contributed by atoms with E-state index in [1.807, 2.05) is 0 Å². The third kappa shape index (κ3) is 6.27. The Labute approximate surface area is 235 Å². The highest BCUT2D eigenvalue weighted by Crippen LogP contribution is 2.35. The van der Waals surface area contributed by atoms with Crippen LogP contribution in [0.4, 0.5) is 14.9 Å². The SMILES string of the molecule is COc1cc(/C=C2/NC(=O)N(CC(=O)Nc3ccccc3F)C2=O)c(Br)cc1OCc1ccc(Cl)c(Cl)c1. The zero-order valence-corrected chi connectivity index (χ0v) is 22.8. The van der Waals surface area contributed by atoms with Crippen molar-refractivity contribution in [1.82, 2.24) is 10.2 Å². The van der Waals surface area contributed by atoms with Crippen LogP contribution in [0.25, 0.3) is 6.08 Å². The predicted octanol–water partition coefficient (Wildman–Crippen LogP) is 6.01. The molecule has 0 spiro atoms. The summed E-state index contributed by atoms with van der Waals surface area (Å²) in [5, 5.41) is 5.63. The van der Waals surface area contributed by atoms with Gasteiger partial charge in [0.25, 0.3) is 5.91 Å². The number of imide groups is 1. The number of rotatable bonds is 8. The minimum absolute atomic E-state index is 0.0547. The number of hydrogen-bond donors (Lipinski definition) is 2. The molecular weight excluding hydrogens is 604 g/mol. The molecule has 4 amide bonds. The number of para-hydroxylation sites is 1. The van der Waals surface area contributed by atoms with E-state index in [1.165, 1.54) is 31.4 Å². The maximum absolute atomic E-state index is 13.8. The Balaban J connectivity index is 1.48. The molecular formula is C26H19BrCl2FN3O5. The highest BCUT2D eigenvalue weighted by atomic mass is 79.9. The number of ether oxygens (including phenoxy) is 2. The molecule has 0 aromatic heterocycles. The fourth-order valence-corrected chi connectivity index (χ4v) is 4.25. The molecule has 0 unspecified atom stereocenters. The van der Waals surface area contributed by atoms with Gasteiger partial charge in [-0.2, -0.15) is 0 Å². The highest BCUT2D eigenvalue weighted by Gasteiger charge is 2.35.